The van der Waals surface area contributed by atoms with Gasteiger partial charge in [0, 0.05) is 19.2 Å². The maximum absolute atomic E-state index is 9.98. The summed E-state index contributed by atoms with van der Waals surface area (Å²) < 4.78 is 11.5. The summed E-state index contributed by atoms with van der Waals surface area (Å²) in [5, 5.41) is 13.5. The van der Waals surface area contributed by atoms with E-state index in [9.17, 15) is 5.11 Å². The van der Waals surface area contributed by atoms with Gasteiger partial charge in [-0.1, -0.05) is 12.8 Å². The van der Waals surface area contributed by atoms with Crippen LogP contribution in [0.25, 0.3) is 0 Å². The minimum absolute atomic E-state index is 0.388. The zero-order valence-electron chi connectivity index (χ0n) is 11.7. The molecule has 0 bridgehead atoms. The molecule has 3 aliphatic rings. The van der Waals surface area contributed by atoms with Crippen LogP contribution in [0.4, 0.5) is 0 Å². The summed E-state index contributed by atoms with van der Waals surface area (Å²) in [6.45, 7) is 1.97. The SMILES string of the molecule is OC(CNC1CCOC1C1CC1)COC1CCCC1. The average Bonchev–Trinajstić information content (AvgIpc) is 2.94. The molecule has 1 heterocycles. The zero-order chi connectivity index (χ0) is 13.1. The Morgan fingerprint density at radius 3 is 2.68 bits per heavy atom. The van der Waals surface area contributed by atoms with Crippen LogP contribution in [0.1, 0.15) is 44.9 Å². The van der Waals surface area contributed by atoms with Crippen LogP contribution in [0.3, 0.4) is 0 Å². The quantitative estimate of drug-likeness (QED) is 0.735. The van der Waals surface area contributed by atoms with Gasteiger partial charge in [-0.25, -0.2) is 0 Å². The van der Waals surface area contributed by atoms with E-state index in [0.717, 1.165) is 18.9 Å². The molecule has 3 fully saturated rings. The van der Waals surface area contributed by atoms with Crippen molar-refractivity contribution in [1.29, 1.82) is 0 Å². The Bertz CT molecular complexity index is 277. The number of aliphatic hydroxyl groups is 1. The maximum Gasteiger partial charge on any atom is 0.0897 e. The van der Waals surface area contributed by atoms with Crippen molar-refractivity contribution >= 4 is 0 Å². The van der Waals surface area contributed by atoms with E-state index < -0.39 is 0 Å². The van der Waals surface area contributed by atoms with E-state index in [0.29, 0.717) is 31.4 Å². The number of aliphatic hydroxyl groups excluding tert-OH is 1. The van der Waals surface area contributed by atoms with Crippen molar-refractivity contribution in [2.75, 3.05) is 19.8 Å². The van der Waals surface area contributed by atoms with Gasteiger partial charge in [0.05, 0.1) is 24.9 Å². The predicted octanol–water partition coefficient (Wildman–Crippen LogP) is 1.46. The van der Waals surface area contributed by atoms with Crippen molar-refractivity contribution in [2.45, 2.75) is 69.3 Å². The van der Waals surface area contributed by atoms with Gasteiger partial charge in [-0.2, -0.15) is 0 Å². The minimum atomic E-state index is -0.388. The van der Waals surface area contributed by atoms with Crippen LogP contribution in [-0.4, -0.2) is 49.2 Å². The second kappa shape index (κ2) is 6.53. The molecule has 19 heavy (non-hydrogen) atoms. The number of rotatable bonds is 7. The molecule has 2 saturated carbocycles. The topological polar surface area (TPSA) is 50.7 Å². The second-order valence-electron chi connectivity index (χ2n) is 6.37. The lowest BCUT2D eigenvalue weighted by atomic mass is 10.1. The summed E-state index contributed by atoms with van der Waals surface area (Å²) in [6.07, 6.45) is 9.00. The molecule has 0 amide bonds. The molecule has 2 aliphatic carbocycles. The van der Waals surface area contributed by atoms with E-state index in [4.69, 9.17) is 9.47 Å². The molecular formula is C15H27NO3. The molecular weight excluding hydrogens is 242 g/mol. The van der Waals surface area contributed by atoms with Gasteiger partial charge in [-0.05, 0) is 38.0 Å². The fraction of sp³-hybridized carbons (Fsp3) is 1.00. The lowest BCUT2D eigenvalue weighted by Crippen LogP contribution is -2.42. The van der Waals surface area contributed by atoms with Crippen LogP contribution in [0.15, 0.2) is 0 Å². The van der Waals surface area contributed by atoms with Crippen LogP contribution >= 0.6 is 0 Å². The van der Waals surface area contributed by atoms with Gasteiger partial charge in [0.2, 0.25) is 0 Å². The van der Waals surface area contributed by atoms with Crippen LogP contribution < -0.4 is 5.32 Å². The van der Waals surface area contributed by atoms with Crippen LogP contribution in [-0.2, 0) is 9.47 Å². The van der Waals surface area contributed by atoms with Gasteiger partial charge in [0.1, 0.15) is 0 Å². The molecule has 2 N–H and O–H groups in total. The molecule has 4 heteroatoms. The highest BCUT2D eigenvalue weighted by molar-refractivity contribution is 4.93. The summed E-state index contributed by atoms with van der Waals surface area (Å²) in [7, 11) is 0. The smallest absolute Gasteiger partial charge is 0.0897 e. The average molecular weight is 269 g/mol. The van der Waals surface area contributed by atoms with Crippen LogP contribution in [0.2, 0.25) is 0 Å². The Balaban J connectivity index is 1.32. The number of hydrogen-bond acceptors (Lipinski definition) is 4. The Labute approximate surface area is 115 Å². The van der Waals surface area contributed by atoms with Crippen molar-refractivity contribution in [1.82, 2.24) is 5.32 Å². The summed E-state index contributed by atoms with van der Waals surface area (Å²) in [6, 6.07) is 0.439. The predicted molar refractivity (Wildman–Crippen MR) is 73.1 cm³/mol. The zero-order valence-corrected chi connectivity index (χ0v) is 11.7. The lowest BCUT2D eigenvalue weighted by molar-refractivity contribution is -0.00762. The van der Waals surface area contributed by atoms with Crippen molar-refractivity contribution in [3.8, 4) is 0 Å². The van der Waals surface area contributed by atoms with E-state index in [1.165, 1.54) is 38.5 Å². The standard InChI is InChI=1S/C15H27NO3/c17-12(10-19-13-3-1-2-4-13)9-16-14-7-8-18-15(14)11-5-6-11/h11-17H,1-10H2. The van der Waals surface area contributed by atoms with Crippen molar-refractivity contribution in [3.63, 3.8) is 0 Å². The monoisotopic (exact) mass is 269 g/mol. The molecule has 0 aromatic carbocycles. The molecule has 3 unspecified atom stereocenters. The molecule has 0 radical (unpaired) electrons. The Morgan fingerprint density at radius 1 is 1.16 bits per heavy atom. The highest BCUT2D eigenvalue weighted by atomic mass is 16.5. The van der Waals surface area contributed by atoms with Crippen LogP contribution in [0.5, 0.6) is 0 Å². The highest BCUT2D eigenvalue weighted by Gasteiger charge is 2.40. The molecule has 4 nitrogen and oxygen atoms in total. The summed E-state index contributed by atoms with van der Waals surface area (Å²) in [5.41, 5.74) is 0. The van der Waals surface area contributed by atoms with Gasteiger partial charge < -0.3 is 19.9 Å². The largest absolute Gasteiger partial charge is 0.389 e. The molecule has 1 saturated heterocycles. The van der Waals surface area contributed by atoms with E-state index >= 15 is 0 Å². The van der Waals surface area contributed by atoms with Crippen LogP contribution in [0, 0.1) is 5.92 Å². The minimum Gasteiger partial charge on any atom is -0.389 e. The third-order valence-corrected chi connectivity index (χ3v) is 4.66. The van der Waals surface area contributed by atoms with E-state index in [1.807, 2.05) is 0 Å². The summed E-state index contributed by atoms with van der Waals surface area (Å²) in [5.74, 6) is 0.770. The number of ether oxygens (including phenoxy) is 2. The third-order valence-electron chi connectivity index (χ3n) is 4.66. The second-order valence-corrected chi connectivity index (χ2v) is 6.37. The molecule has 0 spiro atoms. The lowest BCUT2D eigenvalue weighted by Gasteiger charge is -2.22. The first-order chi connectivity index (χ1) is 9.33. The Kier molecular flexibility index (Phi) is 4.74. The van der Waals surface area contributed by atoms with Crippen molar-refractivity contribution < 1.29 is 14.6 Å². The highest BCUT2D eigenvalue weighted by Crippen LogP contribution is 2.38. The number of nitrogens with one attached hydrogen (secondary N) is 1. The van der Waals surface area contributed by atoms with E-state index in [-0.39, 0.29) is 6.10 Å². The molecule has 1 aliphatic heterocycles. The first-order valence-corrected chi connectivity index (χ1v) is 7.97. The Morgan fingerprint density at radius 2 is 1.95 bits per heavy atom. The van der Waals surface area contributed by atoms with E-state index in [2.05, 4.69) is 5.32 Å². The summed E-state index contributed by atoms with van der Waals surface area (Å²) in [4.78, 5) is 0. The maximum atomic E-state index is 9.98. The summed E-state index contributed by atoms with van der Waals surface area (Å²) >= 11 is 0. The van der Waals surface area contributed by atoms with Crippen molar-refractivity contribution in [2.24, 2.45) is 5.92 Å². The molecule has 110 valence electrons. The first-order valence-electron chi connectivity index (χ1n) is 7.97. The first kappa shape index (κ1) is 13.8. The van der Waals surface area contributed by atoms with Gasteiger partial charge >= 0.3 is 0 Å². The molecule has 3 atom stereocenters. The fourth-order valence-electron chi connectivity index (χ4n) is 3.37. The van der Waals surface area contributed by atoms with E-state index in [1.54, 1.807) is 0 Å². The number of hydrogen-bond donors (Lipinski definition) is 2. The van der Waals surface area contributed by atoms with Gasteiger partial charge in [-0.3, -0.25) is 0 Å². The molecule has 3 rings (SSSR count). The Hall–Kier alpha value is -0.160. The third kappa shape index (κ3) is 3.91. The van der Waals surface area contributed by atoms with Crippen molar-refractivity contribution in [3.05, 3.63) is 0 Å². The van der Waals surface area contributed by atoms with Gasteiger partial charge in [0.15, 0.2) is 0 Å². The molecule has 0 aromatic heterocycles. The molecule has 0 aromatic rings. The van der Waals surface area contributed by atoms with Gasteiger partial charge in [-0.15, -0.1) is 0 Å². The fourth-order valence-corrected chi connectivity index (χ4v) is 3.37. The normalized spacial score (nSPS) is 33.9. The van der Waals surface area contributed by atoms with Gasteiger partial charge in [0.25, 0.3) is 0 Å².